The fraction of sp³-hybridized carbons (Fsp3) is 0.250. The molecule has 162 valence electrons. The predicted molar refractivity (Wildman–Crippen MR) is 128 cm³/mol. The van der Waals surface area contributed by atoms with Gasteiger partial charge in [-0.3, -0.25) is 4.79 Å². The lowest BCUT2D eigenvalue weighted by Gasteiger charge is -2.10. The van der Waals surface area contributed by atoms with Crippen molar-refractivity contribution in [1.29, 1.82) is 0 Å². The van der Waals surface area contributed by atoms with Gasteiger partial charge < -0.3 is 14.8 Å². The van der Waals surface area contributed by atoms with E-state index in [1.54, 1.807) is 6.92 Å². The molecule has 0 saturated carbocycles. The van der Waals surface area contributed by atoms with Crippen molar-refractivity contribution in [3.63, 3.8) is 0 Å². The lowest BCUT2D eigenvalue weighted by atomic mass is 10.0. The molecule has 0 aliphatic carbocycles. The van der Waals surface area contributed by atoms with Crippen LogP contribution in [0.25, 0.3) is 11.1 Å². The van der Waals surface area contributed by atoms with Crippen LogP contribution in [0.15, 0.2) is 58.4 Å². The van der Waals surface area contributed by atoms with E-state index in [9.17, 15) is 9.59 Å². The van der Waals surface area contributed by atoms with Gasteiger partial charge in [-0.25, -0.2) is 4.79 Å². The number of ether oxygens (including phenoxy) is 2. The molecule has 1 aromatic heterocycles. The average Bonchev–Trinajstić information content (AvgIpc) is 3.17. The van der Waals surface area contributed by atoms with E-state index in [0.717, 1.165) is 28.4 Å². The molecule has 1 heterocycles. The zero-order valence-electron chi connectivity index (χ0n) is 17.4. The second-order valence-electron chi connectivity index (χ2n) is 6.81. The number of rotatable bonds is 9. The Morgan fingerprint density at radius 3 is 2.39 bits per heavy atom. The Bertz CT molecular complexity index is 1030. The van der Waals surface area contributed by atoms with Gasteiger partial charge in [0, 0.05) is 15.4 Å². The first kappa shape index (κ1) is 23.0. The molecule has 5 nitrogen and oxygen atoms in total. The Kier molecular flexibility index (Phi) is 8.26. The fourth-order valence-electron chi connectivity index (χ4n) is 3.05. The highest BCUT2D eigenvalue weighted by Crippen LogP contribution is 2.36. The summed E-state index contributed by atoms with van der Waals surface area (Å²) in [7, 11) is 0. The van der Waals surface area contributed by atoms with E-state index in [0.29, 0.717) is 16.3 Å². The standard InChI is InChI=1S/C24H24BrNO4S/c1-3-5-16-6-12-19(13-7-16)30-14-21(27)26-23-22(24(28)29-4-2)20(15-31-23)17-8-10-18(25)11-9-17/h6-13,15H,3-5,14H2,1-2H3,(H,26,27). The molecule has 2 aromatic carbocycles. The van der Waals surface area contributed by atoms with E-state index in [2.05, 4.69) is 28.2 Å². The first-order valence-corrected chi connectivity index (χ1v) is 11.7. The number of carbonyl (C=O) groups is 2. The highest BCUT2D eigenvalue weighted by atomic mass is 79.9. The largest absolute Gasteiger partial charge is 0.484 e. The Morgan fingerprint density at radius 2 is 1.74 bits per heavy atom. The third-order valence-corrected chi connectivity index (χ3v) is 5.93. The number of hydrogen-bond acceptors (Lipinski definition) is 5. The molecule has 3 aromatic rings. The second kappa shape index (κ2) is 11.1. The first-order valence-electron chi connectivity index (χ1n) is 10.1. The molecule has 31 heavy (non-hydrogen) atoms. The highest BCUT2D eigenvalue weighted by Gasteiger charge is 2.23. The van der Waals surface area contributed by atoms with Crippen LogP contribution in [0.1, 0.15) is 36.2 Å². The van der Waals surface area contributed by atoms with Crippen LogP contribution >= 0.6 is 27.3 Å². The molecule has 7 heteroatoms. The summed E-state index contributed by atoms with van der Waals surface area (Å²) in [4.78, 5) is 25.1. The smallest absolute Gasteiger partial charge is 0.341 e. The van der Waals surface area contributed by atoms with Crippen molar-refractivity contribution in [2.75, 3.05) is 18.5 Å². The van der Waals surface area contributed by atoms with Crippen LogP contribution in [0.5, 0.6) is 5.75 Å². The third-order valence-electron chi connectivity index (χ3n) is 4.51. The van der Waals surface area contributed by atoms with E-state index in [1.165, 1.54) is 16.9 Å². The van der Waals surface area contributed by atoms with Crippen molar-refractivity contribution in [1.82, 2.24) is 0 Å². The molecule has 3 rings (SSSR count). The van der Waals surface area contributed by atoms with Crippen molar-refractivity contribution in [2.24, 2.45) is 0 Å². The minimum Gasteiger partial charge on any atom is -0.484 e. The fourth-order valence-corrected chi connectivity index (χ4v) is 4.29. The van der Waals surface area contributed by atoms with Gasteiger partial charge in [0.1, 0.15) is 16.3 Å². The highest BCUT2D eigenvalue weighted by molar-refractivity contribution is 9.10. The average molecular weight is 502 g/mol. The summed E-state index contributed by atoms with van der Waals surface area (Å²) >= 11 is 4.70. The Morgan fingerprint density at radius 1 is 1.03 bits per heavy atom. The van der Waals surface area contributed by atoms with Crippen LogP contribution in [0.4, 0.5) is 5.00 Å². The van der Waals surface area contributed by atoms with Gasteiger partial charge in [0.05, 0.1) is 6.61 Å². The van der Waals surface area contributed by atoms with Crippen molar-refractivity contribution >= 4 is 44.1 Å². The van der Waals surface area contributed by atoms with E-state index in [1.807, 2.05) is 53.9 Å². The van der Waals surface area contributed by atoms with Gasteiger partial charge in [-0.2, -0.15) is 0 Å². The maximum Gasteiger partial charge on any atom is 0.341 e. The number of nitrogens with one attached hydrogen (secondary N) is 1. The number of thiophene rings is 1. The van der Waals surface area contributed by atoms with E-state index in [-0.39, 0.29) is 19.1 Å². The molecule has 0 saturated heterocycles. The minimum absolute atomic E-state index is 0.152. The summed E-state index contributed by atoms with van der Waals surface area (Å²) in [5.41, 5.74) is 3.17. The quantitative estimate of drug-likeness (QED) is 0.348. The SMILES string of the molecule is CCCc1ccc(OCC(=O)Nc2scc(-c3ccc(Br)cc3)c2C(=O)OCC)cc1. The summed E-state index contributed by atoms with van der Waals surface area (Å²) in [5, 5.41) is 5.09. The zero-order valence-corrected chi connectivity index (χ0v) is 19.8. The summed E-state index contributed by atoms with van der Waals surface area (Å²) in [6.45, 7) is 3.98. The van der Waals surface area contributed by atoms with Crippen LogP contribution in [0.3, 0.4) is 0 Å². The van der Waals surface area contributed by atoms with Crippen LogP contribution in [-0.2, 0) is 16.0 Å². The normalized spacial score (nSPS) is 10.5. The molecule has 0 aliphatic heterocycles. The van der Waals surface area contributed by atoms with Crippen molar-refractivity contribution in [2.45, 2.75) is 26.7 Å². The molecule has 1 N–H and O–H groups in total. The van der Waals surface area contributed by atoms with Crippen molar-refractivity contribution < 1.29 is 19.1 Å². The molecule has 0 bridgehead atoms. The van der Waals surface area contributed by atoms with E-state index < -0.39 is 5.97 Å². The Balaban J connectivity index is 1.73. The maximum absolute atomic E-state index is 12.6. The van der Waals surface area contributed by atoms with Crippen LogP contribution in [0, 0.1) is 0 Å². The monoisotopic (exact) mass is 501 g/mol. The Labute approximate surface area is 194 Å². The van der Waals surface area contributed by atoms with Gasteiger partial charge in [0.25, 0.3) is 5.91 Å². The number of amides is 1. The molecule has 0 unspecified atom stereocenters. The number of aryl methyl sites for hydroxylation is 1. The minimum atomic E-state index is -0.468. The van der Waals surface area contributed by atoms with Gasteiger partial charge in [0.2, 0.25) is 0 Å². The number of hydrogen-bond donors (Lipinski definition) is 1. The summed E-state index contributed by atoms with van der Waals surface area (Å²) < 4.78 is 11.8. The molecular weight excluding hydrogens is 478 g/mol. The van der Waals surface area contributed by atoms with Gasteiger partial charge >= 0.3 is 5.97 Å². The molecule has 0 radical (unpaired) electrons. The van der Waals surface area contributed by atoms with Gasteiger partial charge in [-0.1, -0.05) is 53.5 Å². The van der Waals surface area contributed by atoms with Crippen LogP contribution < -0.4 is 10.1 Å². The van der Waals surface area contributed by atoms with E-state index >= 15 is 0 Å². The van der Waals surface area contributed by atoms with Crippen molar-refractivity contribution in [3.05, 3.63) is 69.5 Å². The predicted octanol–water partition coefficient (Wildman–Crippen LogP) is 6.32. The summed E-state index contributed by atoms with van der Waals surface area (Å²) in [5.74, 6) is -0.181. The number of carbonyl (C=O) groups excluding carboxylic acids is 2. The second-order valence-corrected chi connectivity index (χ2v) is 8.61. The number of esters is 1. The molecule has 0 atom stereocenters. The molecule has 0 spiro atoms. The molecule has 0 aliphatic rings. The number of anilines is 1. The Hall–Kier alpha value is -2.64. The summed E-state index contributed by atoms with van der Waals surface area (Å²) in [6, 6.07) is 15.3. The first-order chi connectivity index (χ1) is 15.0. The maximum atomic E-state index is 12.6. The molecular formula is C24H24BrNO4S. The van der Waals surface area contributed by atoms with Crippen LogP contribution in [0.2, 0.25) is 0 Å². The third kappa shape index (κ3) is 6.18. The van der Waals surface area contributed by atoms with E-state index in [4.69, 9.17) is 9.47 Å². The summed E-state index contributed by atoms with van der Waals surface area (Å²) in [6.07, 6.45) is 2.09. The number of halogens is 1. The van der Waals surface area contributed by atoms with Gasteiger partial charge in [-0.15, -0.1) is 11.3 Å². The van der Waals surface area contributed by atoms with Crippen molar-refractivity contribution in [3.8, 4) is 16.9 Å². The molecule has 1 amide bonds. The molecule has 0 fully saturated rings. The number of benzene rings is 2. The zero-order chi connectivity index (χ0) is 22.2. The van der Waals surface area contributed by atoms with Gasteiger partial charge in [-0.05, 0) is 48.7 Å². The lowest BCUT2D eigenvalue weighted by molar-refractivity contribution is -0.118. The van der Waals surface area contributed by atoms with Crippen LogP contribution in [-0.4, -0.2) is 25.1 Å². The lowest BCUT2D eigenvalue weighted by Crippen LogP contribution is -2.21. The topological polar surface area (TPSA) is 64.6 Å². The van der Waals surface area contributed by atoms with Gasteiger partial charge in [0.15, 0.2) is 6.61 Å².